The van der Waals surface area contributed by atoms with Gasteiger partial charge in [-0.1, -0.05) is 53.5 Å². The van der Waals surface area contributed by atoms with Crippen LogP contribution in [0.1, 0.15) is 48.7 Å². The number of aryl methyl sites for hydroxylation is 2. The van der Waals surface area contributed by atoms with Gasteiger partial charge in [-0.25, -0.2) is 9.37 Å². The fourth-order valence-electron chi connectivity index (χ4n) is 6.73. The normalized spacial score (nSPS) is 17.1. The molecule has 3 heterocycles. The number of hydrogen-bond donors (Lipinski definition) is 1. The van der Waals surface area contributed by atoms with Gasteiger partial charge in [-0.3, -0.25) is 4.79 Å². The third-order valence-corrected chi connectivity index (χ3v) is 9.99. The molecule has 3 aromatic carbocycles. The van der Waals surface area contributed by atoms with Crippen molar-refractivity contribution >= 4 is 56.6 Å². The summed E-state index contributed by atoms with van der Waals surface area (Å²) in [5.74, 6) is -0.191. The number of nitrogens with zero attached hydrogens (tertiary/aromatic N) is 4. The van der Waals surface area contributed by atoms with Crippen LogP contribution in [0.15, 0.2) is 60.7 Å². The number of halogens is 3. The maximum atomic E-state index is 16.6. The first-order chi connectivity index (χ1) is 21.9. The van der Waals surface area contributed by atoms with Crippen molar-refractivity contribution in [2.75, 3.05) is 24.5 Å². The summed E-state index contributed by atoms with van der Waals surface area (Å²) in [7, 11) is 0. The predicted molar refractivity (Wildman–Crippen MR) is 178 cm³/mol. The topological polar surface area (TPSA) is 76.0 Å². The highest BCUT2D eigenvalue weighted by molar-refractivity contribution is 6.43. The number of pyridine rings is 1. The van der Waals surface area contributed by atoms with E-state index in [9.17, 15) is 10.1 Å². The molecular formula is C36H32Cl2FN5O. The largest absolute Gasteiger partial charge is 0.370 e. The Balaban J connectivity index is 1.36. The molecule has 0 bridgehead atoms. The number of anilines is 1. The standard InChI is InChI=1S/C36H32Cl2FN5O/c1-21-26-20-29(30-14-16-43(24-8-3-2-4-9-24)17-18-44(30)36(45)22-12-13-22)42-34(26)27-19-23(7-6-15-40)31(33(39)35(27)41-21)25-10-5-11-28(37)32(25)38/h2-5,8-11,19-20,22,30,42H,6-7,12-14,16-18H2,1H3. The first-order valence-corrected chi connectivity index (χ1v) is 16.2. The number of rotatable bonds is 6. The maximum absolute atomic E-state index is 16.6. The number of aromatic amines is 1. The van der Waals surface area contributed by atoms with E-state index in [1.807, 2.05) is 31.2 Å². The van der Waals surface area contributed by atoms with Crippen LogP contribution in [0.25, 0.3) is 32.9 Å². The van der Waals surface area contributed by atoms with Crippen molar-refractivity contribution in [1.29, 1.82) is 5.26 Å². The first kappa shape index (κ1) is 29.6. The fourth-order valence-corrected chi connectivity index (χ4v) is 7.12. The lowest BCUT2D eigenvalue weighted by molar-refractivity contribution is -0.134. The lowest BCUT2D eigenvalue weighted by atomic mass is 9.93. The van der Waals surface area contributed by atoms with Crippen LogP contribution >= 0.6 is 23.2 Å². The lowest BCUT2D eigenvalue weighted by Gasteiger charge is -2.29. The van der Waals surface area contributed by atoms with E-state index in [2.05, 4.69) is 39.1 Å². The predicted octanol–water partition coefficient (Wildman–Crippen LogP) is 8.78. The molecule has 1 amide bonds. The van der Waals surface area contributed by atoms with E-state index < -0.39 is 5.82 Å². The zero-order valence-electron chi connectivity index (χ0n) is 24.9. The Kier molecular flexibility index (Phi) is 7.89. The summed E-state index contributed by atoms with van der Waals surface area (Å²) in [5, 5.41) is 11.5. The Hall–Kier alpha value is -4.12. The Labute approximate surface area is 271 Å². The van der Waals surface area contributed by atoms with Crippen molar-refractivity contribution in [3.8, 4) is 17.2 Å². The monoisotopic (exact) mass is 639 g/mol. The molecule has 0 radical (unpaired) electrons. The van der Waals surface area contributed by atoms with E-state index in [1.165, 1.54) is 0 Å². The molecule has 9 heteroatoms. The average Bonchev–Trinajstić information content (AvgIpc) is 3.84. The summed E-state index contributed by atoms with van der Waals surface area (Å²) < 4.78 is 16.6. The van der Waals surface area contributed by atoms with Crippen LogP contribution in [0.2, 0.25) is 10.0 Å². The molecule has 2 aliphatic rings. The van der Waals surface area contributed by atoms with Gasteiger partial charge in [0.25, 0.3) is 0 Å². The highest BCUT2D eigenvalue weighted by Crippen LogP contribution is 2.42. The number of fused-ring (bicyclic) bond motifs is 3. The van der Waals surface area contributed by atoms with Crippen LogP contribution in [-0.4, -0.2) is 40.4 Å². The average molecular weight is 641 g/mol. The second-order valence-corrected chi connectivity index (χ2v) is 12.8. The molecule has 1 aliphatic carbocycles. The van der Waals surface area contributed by atoms with Gasteiger partial charge in [-0.2, -0.15) is 5.26 Å². The molecule has 0 spiro atoms. The summed E-state index contributed by atoms with van der Waals surface area (Å²) in [6, 6.07) is 21.5. The number of H-pyrrole nitrogens is 1. The van der Waals surface area contributed by atoms with Gasteiger partial charge in [0.15, 0.2) is 5.82 Å². The van der Waals surface area contributed by atoms with E-state index in [1.54, 1.807) is 18.2 Å². The fraction of sp³-hybridized carbons (Fsp3) is 0.306. The summed E-state index contributed by atoms with van der Waals surface area (Å²) in [6.45, 7) is 4.06. The molecule has 2 fully saturated rings. The van der Waals surface area contributed by atoms with Crippen molar-refractivity contribution in [2.24, 2.45) is 5.92 Å². The highest BCUT2D eigenvalue weighted by atomic mass is 35.5. The van der Waals surface area contributed by atoms with Gasteiger partial charge in [0.2, 0.25) is 5.91 Å². The smallest absolute Gasteiger partial charge is 0.226 e. The number of nitrogens with one attached hydrogen (secondary N) is 1. The minimum Gasteiger partial charge on any atom is -0.370 e. The minimum absolute atomic E-state index is 0.0953. The van der Waals surface area contributed by atoms with E-state index in [0.29, 0.717) is 45.8 Å². The molecule has 1 aliphatic heterocycles. The minimum atomic E-state index is -0.496. The lowest BCUT2D eigenvalue weighted by Crippen LogP contribution is -2.38. The van der Waals surface area contributed by atoms with Gasteiger partial charge in [0.05, 0.1) is 27.7 Å². The Bertz CT molecular complexity index is 1980. The van der Waals surface area contributed by atoms with Crippen molar-refractivity contribution < 1.29 is 9.18 Å². The van der Waals surface area contributed by atoms with Crippen LogP contribution in [0.3, 0.4) is 0 Å². The quantitative estimate of drug-likeness (QED) is 0.201. The number of para-hydroxylation sites is 1. The number of amides is 1. The molecule has 1 saturated heterocycles. The molecule has 6 nitrogen and oxygen atoms in total. The van der Waals surface area contributed by atoms with Crippen LogP contribution in [0.4, 0.5) is 10.1 Å². The number of carbonyl (C=O) groups is 1. The Morgan fingerprint density at radius 2 is 1.84 bits per heavy atom. The Morgan fingerprint density at radius 3 is 2.60 bits per heavy atom. The summed E-state index contributed by atoms with van der Waals surface area (Å²) in [4.78, 5) is 26.4. The third-order valence-electron chi connectivity index (χ3n) is 9.18. The molecule has 7 rings (SSSR count). The summed E-state index contributed by atoms with van der Waals surface area (Å²) >= 11 is 12.9. The second kappa shape index (κ2) is 12.0. The summed E-state index contributed by atoms with van der Waals surface area (Å²) in [6.07, 6.45) is 3.19. The molecule has 1 atom stereocenters. The van der Waals surface area contributed by atoms with E-state index in [4.69, 9.17) is 28.2 Å². The molecule has 1 N–H and O–H groups in total. The van der Waals surface area contributed by atoms with Gasteiger partial charge in [0, 0.05) is 70.9 Å². The molecule has 1 unspecified atom stereocenters. The third kappa shape index (κ3) is 5.41. The van der Waals surface area contributed by atoms with E-state index >= 15 is 4.39 Å². The molecule has 228 valence electrons. The number of benzene rings is 3. The number of carbonyl (C=O) groups excluding carboxylic acids is 1. The van der Waals surface area contributed by atoms with Gasteiger partial charge in [0.1, 0.15) is 5.52 Å². The number of hydrogen-bond acceptors (Lipinski definition) is 4. The van der Waals surface area contributed by atoms with E-state index in [-0.39, 0.29) is 34.8 Å². The van der Waals surface area contributed by atoms with Crippen LogP contribution < -0.4 is 4.90 Å². The molecule has 45 heavy (non-hydrogen) atoms. The highest BCUT2D eigenvalue weighted by Gasteiger charge is 2.38. The number of aromatic nitrogens is 2. The van der Waals surface area contributed by atoms with Gasteiger partial charge in [-0.15, -0.1) is 0 Å². The van der Waals surface area contributed by atoms with Crippen molar-refractivity contribution in [1.82, 2.24) is 14.9 Å². The SMILES string of the molecule is Cc1nc2c(F)c(-c3cccc(Cl)c3Cl)c(CCC#N)cc2c2[nH]c(C3CCN(c4ccccc4)CCN3C(=O)C3CC3)cc12. The molecule has 5 aromatic rings. The molecular weight excluding hydrogens is 608 g/mol. The summed E-state index contributed by atoms with van der Waals surface area (Å²) in [5.41, 5.74) is 5.20. The van der Waals surface area contributed by atoms with Crippen LogP contribution in [-0.2, 0) is 11.2 Å². The van der Waals surface area contributed by atoms with Crippen LogP contribution in [0, 0.1) is 30.0 Å². The van der Waals surface area contributed by atoms with E-state index in [0.717, 1.165) is 54.6 Å². The van der Waals surface area contributed by atoms with Gasteiger partial charge >= 0.3 is 0 Å². The zero-order valence-corrected chi connectivity index (χ0v) is 26.4. The Morgan fingerprint density at radius 1 is 1.04 bits per heavy atom. The first-order valence-electron chi connectivity index (χ1n) is 15.4. The van der Waals surface area contributed by atoms with Crippen LogP contribution in [0.5, 0.6) is 0 Å². The van der Waals surface area contributed by atoms with Gasteiger partial charge < -0.3 is 14.8 Å². The molecule has 1 saturated carbocycles. The van der Waals surface area contributed by atoms with Gasteiger partial charge in [-0.05, 0) is 68.5 Å². The number of nitriles is 1. The van der Waals surface area contributed by atoms with Crippen molar-refractivity contribution in [2.45, 2.75) is 45.1 Å². The maximum Gasteiger partial charge on any atom is 0.226 e. The van der Waals surface area contributed by atoms with Crippen molar-refractivity contribution in [3.05, 3.63) is 93.5 Å². The molecule has 2 aromatic heterocycles. The zero-order chi connectivity index (χ0) is 31.2. The van der Waals surface area contributed by atoms with Crippen molar-refractivity contribution in [3.63, 3.8) is 0 Å². The second-order valence-electron chi connectivity index (χ2n) is 12.0.